The summed E-state index contributed by atoms with van der Waals surface area (Å²) in [7, 11) is 1.50. The van der Waals surface area contributed by atoms with Crippen molar-refractivity contribution in [3.8, 4) is 11.4 Å². The van der Waals surface area contributed by atoms with Crippen LogP contribution in [-0.2, 0) is 0 Å². The van der Waals surface area contributed by atoms with Crippen molar-refractivity contribution < 1.29 is 9.66 Å². The molecule has 88 valence electrons. The molecule has 7 heteroatoms. The number of halogens is 1. The number of aromatic nitrogens is 2. The molecule has 0 radical (unpaired) electrons. The molecule has 0 bridgehead atoms. The molecular weight excluding hydrogens is 290 g/mol. The Bertz CT molecular complexity index is 568. The van der Waals surface area contributed by atoms with Gasteiger partial charge in [-0.1, -0.05) is 0 Å². The van der Waals surface area contributed by atoms with E-state index in [-0.39, 0.29) is 5.69 Å². The fourth-order valence-electron chi connectivity index (χ4n) is 1.40. The molecule has 0 atom stereocenters. The van der Waals surface area contributed by atoms with Gasteiger partial charge in [0.05, 0.1) is 22.7 Å². The van der Waals surface area contributed by atoms with Gasteiger partial charge in [0.25, 0.3) is 5.69 Å². The molecule has 2 rings (SSSR count). The Kier molecular flexibility index (Phi) is 3.10. The monoisotopic (exact) mass is 297 g/mol. The first kappa shape index (κ1) is 11.6. The number of hydrogen-bond donors (Lipinski definition) is 0. The normalized spacial score (nSPS) is 10.2. The highest BCUT2D eigenvalue weighted by atomic mass is 79.9. The van der Waals surface area contributed by atoms with E-state index in [0.717, 1.165) is 4.47 Å². The highest BCUT2D eigenvalue weighted by molar-refractivity contribution is 9.10. The second-order valence-corrected chi connectivity index (χ2v) is 4.13. The Morgan fingerprint density at radius 3 is 2.82 bits per heavy atom. The average Bonchev–Trinajstić information content (AvgIpc) is 2.75. The van der Waals surface area contributed by atoms with E-state index < -0.39 is 4.92 Å². The van der Waals surface area contributed by atoms with E-state index in [1.807, 2.05) is 0 Å². The molecule has 0 fully saturated rings. The largest absolute Gasteiger partial charge is 0.497 e. The van der Waals surface area contributed by atoms with E-state index in [1.165, 1.54) is 17.9 Å². The van der Waals surface area contributed by atoms with Crippen LogP contribution in [0, 0.1) is 10.1 Å². The molecule has 1 aromatic heterocycles. The molecule has 1 aromatic carbocycles. The lowest BCUT2D eigenvalue weighted by Gasteiger charge is -2.05. The van der Waals surface area contributed by atoms with E-state index in [1.54, 1.807) is 24.5 Å². The van der Waals surface area contributed by atoms with Crippen LogP contribution in [0.3, 0.4) is 0 Å². The number of nitro benzene ring substituents is 1. The maximum Gasteiger partial charge on any atom is 0.295 e. The van der Waals surface area contributed by atoms with Crippen LogP contribution >= 0.6 is 15.9 Å². The van der Waals surface area contributed by atoms with Crippen LogP contribution in [0.1, 0.15) is 0 Å². The highest BCUT2D eigenvalue weighted by Crippen LogP contribution is 2.27. The molecule has 0 spiro atoms. The Hall–Kier alpha value is -1.89. The number of hydrogen-bond acceptors (Lipinski definition) is 4. The van der Waals surface area contributed by atoms with Crippen molar-refractivity contribution >= 4 is 21.6 Å². The van der Waals surface area contributed by atoms with Gasteiger partial charge in [-0.05, 0) is 22.0 Å². The average molecular weight is 298 g/mol. The summed E-state index contributed by atoms with van der Waals surface area (Å²) < 4.78 is 7.21. The van der Waals surface area contributed by atoms with Crippen molar-refractivity contribution in [2.24, 2.45) is 0 Å². The third kappa shape index (κ3) is 2.28. The molecule has 0 saturated heterocycles. The number of rotatable bonds is 3. The first-order chi connectivity index (χ1) is 8.11. The summed E-state index contributed by atoms with van der Waals surface area (Å²) in [6.45, 7) is 0. The van der Waals surface area contributed by atoms with Crippen LogP contribution in [0.25, 0.3) is 5.69 Å². The van der Waals surface area contributed by atoms with Crippen LogP contribution in [-0.4, -0.2) is 21.8 Å². The lowest BCUT2D eigenvalue weighted by molar-refractivity contribution is -0.384. The topological polar surface area (TPSA) is 70.2 Å². The van der Waals surface area contributed by atoms with Gasteiger partial charge in [0.2, 0.25) is 0 Å². The summed E-state index contributed by atoms with van der Waals surface area (Å²) in [5, 5.41) is 14.9. The zero-order valence-electron chi connectivity index (χ0n) is 8.83. The van der Waals surface area contributed by atoms with Crippen LogP contribution < -0.4 is 4.74 Å². The van der Waals surface area contributed by atoms with Gasteiger partial charge < -0.3 is 4.74 Å². The molecule has 6 nitrogen and oxygen atoms in total. The molecule has 0 unspecified atom stereocenters. The first-order valence-electron chi connectivity index (χ1n) is 4.65. The smallest absolute Gasteiger partial charge is 0.295 e. The van der Waals surface area contributed by atoms with Gasteiger partial charge >= 0.3 is 0 Å². The number of nitro groups is 1. The Labute approximate surface area is 105 Å². The highest BCUT2D eigenvalue weighted by Gasteiger charge is 2.16. The van der Waals surface area contributed by atoms with Gasteiger partial charge in [-0.3, -0.25) is 10.1 Å². The molecule has 0 amide bonds. The molecule has 0 aliphatic rings. The second-order valence-electron chi connectivity index (χ2n) is 3.21. The van der Waals surface area contributed by atoms with Crippen LogP contribution in [0.15, 0.2) is 35.1 Å². The summed E-state index contributed by atoms with van der Waals surface area (Å²) in [6, 6.07) is 4.50. The Morgan fingerprint density at radius 2 is 2.29 bits per heavy atom. The zero-order valence-corrected chi connectivity index (χ0v) is 10.4. The van der Waals surface area contributed by atoms with Crippen molar-refractivity contribution in [1.29, 1.82) is 0 Å². The standard InChI is InChI=1S/C10H8BrN3O3/c1-17-8-2-3-9(14(15)16)10(4-8)13-6-7(11)5-12-13/h2-6H,1H3. The van der Waals surface area contributed by atoms with Crippen molar-refractivity contribution in [1.82, 2.24) is 9.78 Å². The lowest BCUT2D eigenvalue weighted by atomic mass is 10.2. The van der Waals surface area contributed by atoms with E-state index in [9.17, 15) is 10.1 Å². The van der Waals surface area contributed by atoms with E-state index in [2.05, 4.69) is 21.0 Å². The molecule has 1 heterocycles. The van der Waals surface area contributed by atoms with Gasteiger partial charge in [0.1, 0.15) is 11.4 Å². The molecule has 0 aliphatic heterocycles. The van der Waals surface area contributed by atoms with Gasteiger partial charge in [-0.15, -0.1) is 0 Å². The Balaban J connectivity index is 2.60. The van der Waals surface area contributed by atoms with Gasteiger partial charge in [-0.2, -0.15) is 5.10 Å². The summed E-state index contributed by atoms with van der Waals surface area (Å²) in [5.74, 6) is 0.539. The Morgan fingerprint density at radius 1 is 1.53 bits per heavy atom. The van der Waals surface area contributed by atoms with E-state index >= 15 is 0 Å². The molecule has 0 saturated carbocycles. The summed E-state index contributed by atoms with van der Waals surface area (Å²) in [4.78, 5) is 10.5. The number of nitrogens with zero attached hydrogens (tertiary/aromatic N) is 3. The third-order valence-corrected chi connectivity index (χ3v) is 2.59. The van der Waals surface area contributed by atoms with E-state index in [4.69, 9.17) is 4.74 Å². The summed E-state index contributed by atoms with van der Waals surface area (Å²) >= 11 is 3.24. The minimum atomic E-state index is -0.454. The fourth-order valence-corrected chi connectivity index (χ4v) is 1.69. The van der Waals surface area contributed by atoms with Crippen molar-refractivity contribution in [2.45, 2.75) is 0 Å². The maximum atomic E-state index is 10.9. The van der Waals surface area contributed by atoms with E-state index in [0.29, 0.717) is 11.4 Å². The SMILES string of the molecule is COc1ccc([N+](=O)[O-])c(-n2cc(Br)cn2)c1. The van der Waals surface area contributed by atoms with Crippen molar-refractivity contribution in [3.05, 3.63) is 45.2 Å². The number of ether oxygens (including phenoxy) is 1. The number of benzene rings is 1. The molecule has 2 aromatic rings. The maximum absolute atomic E-state index is 10.9. The lowest BCUT2D eigenvalue weighted by Crippen LogP contribution is -2.01. The zero-order chi connectivity index (χ0) is 12.4. The van der Waals surface area contributed by atoms with Crippen LogP contribution in [0.2, 0.25) is 0 Å². The summed E-state index contributed by atoms with van der Waals surface area (Å²) in [6.07, 6.45) is 3.20. The molecule has 0 N–H and O–H groups in total. The third-order valence-electron chi connectivity index (χ3n) is 2.18. The van der Waals surface area contributed by atoms with Gasteiger partial charge in [-0.25, -0.2) is 4.68 Å². The molecule has 17 heavy (non-hydrogen) atoms. The van der Waals surface area contributed by atoms with Crippen LogP contribution in [0.4, 0.5) is 5.69 Å². The summed E-state index contributed by atoms with van der Waals surface area (Å²) in [5.41, 5.74) is 0.335. The predicted molar refractivity (Wildman–Crippen MR) is 64.5 cm³/mol. The first-order valence-corrected chi connectivity index (χ1v) is 5.44. The predicted octanol–water partition coefficient (Wildman–Crippen LogP) is 2.55. The molecule has 0 aliphatic carbocycles. The van der Waals surface area contributed by atoms with Gasteiger partial charge in [0.15, 0.2) is 0 Å². The minimum absolute atomic E-state index is 0.0265. The minimum Gasteiger partial charge on any atom is -0.497 e. The quantitative estimate of drug-likeness (QED) is 0.645. The second kappa shape index (κ2) is 4.54. The fraction of sp³-hybridized carbons (Fsp3) is 0.100. The molecular formula is C10H8BrN3O3. The van der Waals surface area contributed by atoms with Crippen molar-refractivity contribution in [3.63, 3.8) is 0 Å². The van der Waals surface area contributed by atoms with Crippen LogP contribution in [0.5, 0.6) is 5.75 Å². The number of methoxy groups -OCH3 is 1. The van der Waals surface area contributed by atoms with Crippen molar-refractivity contribution in [2.75, 3.05) is 7.11 Å². The van der Waals surface area contributed by atoms with Gasteiger partial charge in [0, 0.05) is 18.3 Å².